The van der Waals surface area contributed by atoms with E-state index in [1.165, 1.54) is 22.6 Å². The summed E-state index contributed by atoms with van der Waals surface area (Å²) in [5, 5.41) is 73.8. The van der Waals surface area contributed by atoms with Gasteiger partial charge in [0.25, 0.3) is 0 Å². The van der Waals surface area contributed by atoms with Gasteiger partial charge in [0.1, 0.15) is 66.3 Å². The highest BCUT2D eigenvalue weighted by Crippen LogP contribution is 2.41. The second kappa shape index (κ2) is 42.7. The number of carboxylic acids is 2. The monoisotopic (exact) mass is 1890 g/mol. The van der Waals surface area contributed by atoms with Gasteiger partial charge in [0.05, 0.1) is 130 Å². The normalized spacial score (nSPS) is 21.6. The van der Waals surface area contributed by atoms with Crippen LogP contribution in [0.25, 0.3) is 111 Å². The maximum Gasteiger partial charge on any atom is 0.306 e. The summed E-state index contributed by atoms with van der Waals surface area (Å²) >= 11 is 6.55. The number of aromatic amines is 4. The van der Waals surface area contributed by atoms with Crippen molar-refractivity contribution in [2.24, 2.45) is 17.8 Å². The Bertz CT molecular complexity index is 6310. The van der Waals surface area contributed by atoms with Crippen LogP contribution in [0.15, 0.2) is 158 Å². The number of ether oxygens (including phenoxy) is 7. The number of halogens is 6. The molecule has 2 unspecified atom stereocenters. The van der Waals surface area contributed by atoms with E-state index in [0.717, 1.165) is 81.9 Å². The first-order valence-electron chi connectivity index (χ1n) is 45.4. The topological polar surface area (TPSA) is 416 Å². The van der Waals surface area contributed by atoms with Crippen molar-refractivity contribution in [2.45, 2.75) is 133 Å². The van der Waals surface area contributed by atoms with Gasteiger partial charge in [-0.25, -0.2) is 41.9 Å². The molecule has 136 heavy (non-hydrogen) atoms. The maximum atomic E-state index is 15.1. The minimum atomic E-state index is -0.946. The standard InChI is InChI=1S/C26H26F3N3O4.C25H25ClN2O5.C25H26FN3O5.C25H25FN2O5/c27-18-8-16(15-3-5-32(6-4-15)24(35)13-34)9-19(28)25(18)26-20(29)10-21-22(31-26)11-23(30-21)36-17-2-1-14(7-17)12-33;26-20-10-21-22(11-23(27-21)33-19-9-18(12-29)32-13-19)28-24(20)16-5-1-14(2-6-16)15-3-7-17(8-4-15)25(30)31;26-20-10-21-22(11-23(27-21)34-19-9-18(12-30)33-14-19)28-25(20)17-3-1-15(2-4-17)16-5-7-29(8-6-16)24(32)13-31;26-20-10-21-22(11-23(27-21)33-19-9-18(12-29)32-13-19)28-24(20)16-5-1-14(2-6-16)15-3-7-17(8-4-15)25(30)31/h3,8-11,14,17,30,33-34H,1-2,4-7,12-13H2;1-3,5-6,10-11,17-19,27,29H,4,7-9,12-13H2,(H,30,31);1-5,10-11,18-19,27,30-31H,6-9,12-14H2;1-3,5-6,10-11,17-19,27,29H,4,7-9,12-13H2,(H,30,31)/t14-,17+;17?,18-,19-;18-,19-;17?,18-,19-/m0000/s1. The van der Waals surface area contributed by atoms with Gasteiger partial charge in [-0.1, -0.05) is 109 Å². The molecule has 4 aromatic carbocycles. The number of aliphatic hydroxyl groups excluding tert-OH is 6. The first kappa shape index (κ1) is 95.0. The number of benzene rings is 4. The molecular weight excluding hydrogens is 1790 g/mol. The molecule has 5 aliphatic heterocycles. The molecule has 13 heterocycles. The molecule has 2 amide bonds. The lowest BCUT2D eigenvalue weighted by atomic mass is 9.86. The molecule has 8 aromatic heterocycles. The minimum absolute atomic E-state index is 0.00792. The third kappa shape index (κ3) is 22.2. The third-order valence-corrected chi connectivity index (χ3v) is 26.2. The van der Waals surface area contributed by atoms with E-state index >= 15 is 8.78 Å². The lowest BCUT2D eigenvalue weighted by Gasteiger charge is -2.26. The summed E-state index contributed by atoms with van der Waals surface area (Å²) in [7, 11) is 0. The molecular formula is C101H102ClF5N10O19. The Morgan fingerprint density at radius 1 is 0.382 bits per heavy atom. The van der Waals surface area contributed by atoms with E-state index < -0.39 is 71.4 Å². The number of amides is 2. The Morgan fingerprint density at radius 3 is 1.07 bits per heavy atom. The first-order chi connectivity index (χ1) is 65.9. The average molecular weight is 1890 g/mol. The number of pyridine rings is 4. The van der Waals surface area contributed by atoms with Gasteiger partial charge in [-0.2, -0.15) is 0 Å². The molecule has 1 saturated carbocycles. The highest BCUT2D eigenvalue weighted by Gasteiger charge is 2.34. The fraction of sp³-hybridized carbons (Fsp3) is 0.366. The smallest absolute Gasteiger partial charge is 0.306 e. The molecule has 4 fully saturated rings. The second-order valence-corrected chi connectivity index (χ2v) is 35.5. The number of carbonyl (C=O) groups excluding carboxylic acids is 2. The third-order valence-electron chi connectivity index (χ3n) is 25.9. The van der Waals surface area contributed by atoms with E-state index in [4.69, 9.17) is 65.1 Å². The molecule has 12 N–H and O–H groups in total. The van der Waals surface area contributed by atoms with Crippen LogP contribution in [0.4, 0.5) is 22.0 Å². The van der Waals surface area contributed by atoms with Crippen LogP contribution < -0.4 is 18.9 Å². The van der Waals surface area contributed by atoms with Crippen molar-refractivity contribution in [1.29, 1.82) is 0 Å². The van der Waals surface area contributed by atoms with E-state index in [1.54, 1.807) is 29.2 Å². The van der Waals surface area contributed by atoms with E-state index in [1.807, 2.05) is 103 Å². The second-order valence-electron chi connectivity index (χ2n) is 35.1. The zero-order valence-electron chi connectivity index (χ0n) is 73.9. The highest BCUT2D eigenvalue weighted by molar-refractivity contribution is 6.33. The lowest BCUT2D eigenvalue weighted by Crippen LogP contribution is -2.36. The van der Waals surface area contributed by atoms with Crippen molar-refractivity contribution in [3.8, 4) is 68.5 Å². The van der Waals surface area contributed by atoms with Crippen LogP contribution in [-0.2, 0) is 33.4 Å². The van der Waals surface area contributed by atoms with Crippen LogP contribution >= 0.6 is 11.6 Å². The molecule has 12 aromatic rings. The molecule has 0 bridgehead atoms. The van der Waals surface area contributed by atoms with Crippen LogP contribution in [0.5, 0.6) is 23.5 Å². The van der Waals surface area contributed by atoms with Crippen LogP contribution in [0.1, 0.15) is 112 Å². The molecule has 3 aliphatic carbocycles. The van der Waals surface area contributed by atoms with Gasteiger partial charge < -0.3 is 104 Å². The van der Waals surface area contributed by atoms with Crippen molar-refractivity contribution in [3.63, 3.8) is 0 Å². The molecule has 8 aliphatic rings. The number of rotatable bonds is 24. The maximum absolute atomic E-state index is 15.1. The van der Waals surface area contributed by atoms with Crippen LogP contribution in [-0.4, -0.2) is 243 Å². The SMILES string of the molecule is O=C(CO)N1CC=C(c2cc(F)c(-c3nc4cc(O[C@@H]5CC[C@H](CO)C5)[nH]c4cc3F)c(F)c2)CC1.O=C(CO)N1CC=C(c2ccc(-c3nc4cc(O[C@@H]5CO[C@H](CO)C5)[nH]c4cc3F)cc2)CC1.O=C(O)C1CC=C(c2ccc(-c3nc4cc(O[C@@H]5CO[C@H](CO)C5)[nH]c4cc3Cl)cc2)CC1.O=C(O)C1CC=C(c2ccc(-c3nc4cc(O[C@@H]5CO[C@H](CO)C5)[nH]c4cc3F)cc2)CC1. The molecule has 3 saturated heterocycles. The fourth-order valence-corrected chi connectivity index (χ4v) is 18.7. The van der Waals surface area contributed by atoms with E-state index in [9.17, 15) is 57.9 Å². The number of aromatic nitrogens is 8. The molecule has 0 radical (unpaired) electrons. The van der Waals surface area contributed by atoms with Gasteiger partial charge in [0, 0.05) is 111 Å². The van der Waals surface area contributed by atoms with Crippen molar-refractivity contribution in [2.75, 3.05) is 85.6 Å². The van der Waals surface area contributed by atoms with Gasteiger partial charge in [0.15, 0.2) is 41.0 Å². The summed E-state index contributed by atoms with van der Waals surface area (Å²) in [6.07, 6.45) is 15.7. The van der Waals surface area contributed by atoms with E-state index in [0.29, 0.717) is 200 Å². The van der Waals surface area contributed by atoms with Crippen molar-refractivity contribution >= 4 is 102 Å². The Hall–Kier alpha value is -12.7. The van der Waals surface area contributed by atoms with Gasteiger partial charge in [-0.15, -0.1) is 0 Å². The summed E-state index contributed by atoms with van der Waals surface area (Å²) in [4.78, 5) is 78.8. The Labute approximate surface area is 781 Å². The van der Waals surface area contributed by atoms with Gasteiger partial charge >= 0.3 is 11.9 Å². The van der Waals surface area contributed by atoms with Crippen molar-refractivity contribution < 1.29 is 115 Å². The number of fused-ring (bicyclic) bond motifs is 4. The largest absolute Gasteiger partial charge is 0.481 e. The lowest BCUT2D eigenvalue weighted by molar-refractivity contribution is -0.142. The summed E-state index contributed by atoms with van der Waals surface area (Å²) < 4.78 is 115. The van der Waals surface area contributed by atoms with Crippen LogP contribution in [0, 0.1) is 46.8 Å². The van der Waals surface area contributed by atoms with Crippen molar-refractivity contribution in [1.82, 2.24) is 49.7 Å². The fourth-order valence-electron chi connectivity index (χ4n) is 18.4. The Balaban J connectivity index is 0.000000126. The number of H-pyrrole nitrogens is 4. The number of carboxylic acid groups (broad SMARTS) is 2. The zero-order chi connectivity index (χ0) is 95.0. The average Bonchev–Trinajstić information content (AvgIpc) is 1.53. The molecule has 35 heteroatoms. The number of hydrogen-bond acceptors (Lipinski definition) is 21. The molecule has 29 nitrogen and oxygen atoms in total. The summed E-state index contributed by atoms with van der Waals surface area (Å²) in [5.41, 5.74) is 14.4. The number of carbonyl (C=O) groups is 4. The molecule has 0 spiro atoms. The summed E-state index contributed by atoms with van der Waals surface area (Å²) in [5.74, 6) is -4.25. The van der Waals surface area contributed by atoms with Gasteiger partial charge in [-0.3, -0.25) is 19.2 Å². The number of nitrogens with zero attached hydrogens (tertiary/aromatic N) is 6. The predicted molar refractivity (Wildman–Crippen MR) is 496 cm³/mol. The van der Waals surface area contributed by atoms with Gasteiger partial charge in [0.2, 0.25) is 11.8 Å². The first-order valence-corrected chi connectivity index (χ1v) is 45.8. The van der Waals surface area contributed by atoms with Crippen molar-refractivity contribution in [3.05, 3.63) is 214 Å². The number of allylic oxidation sites excluding steroid dienone is 4. The molecule has 10 atom stereocenters. The number of aliphatic hydroxyl groups is 6. The van der Waals surface area contributed by atoms with E-state index in [-0.39, 0.29) is 111 Å². The summed E-state index contributed by atoms with van der Waals surface area (Å²) in [6.45, 7) is 1.76. The number of hydrogen-bond donors (Lipinski definition) is 12. The van der Waals surface area contributed by atoms with E-state index in [2.05, 4.69) is 34.9 Å². The zero-order valence-corrected chi connectivity index (χ0v) is 74.7. The Kier molecular flexibility index (Phi) is 29.8. The predicted octanol–water partition coefficient (Wildman–Crippen LogP) is 15.1. The number of nitrogens with one attached hydrogen (secondary N) is 4. The quantitative estimate of drug-likeness (QED) is 0.0250. The molecule has 20 rings (SSSR count). The Morgan fingerprint density at radius 2 is 0.728 bits per heavy atom. The van der Waals surface area contributed by atoms with Gasteiger partial charge in [-0.05, 0) is 139 Å². The number of aliphatic carboxylic acids is 2. The minimum Gasteiger partial charge on any atom is -0.481 e. The summed E-state index contributed by atoms with van der Waals surface area (Å²) in [6, 6.07) is 38.1. The highest BCUT2D eigenvalue weighted by atomic mass is 35.5. The van der Waals surface area contributed by atoms with Crippen LogP contribution in [0.3, 0.4) is 0 Å². The van der Waals surface area contributed by atoms with Crippen LogP contribution in [0.2, 0.25) is 5.02 Å². The molecule has 712 valence electrons.